The number of ether oxygens (including phenoxy) is 4. The smallest absolute Gasteiger partial charge is 0.497 e. The average molecular weight is 930 g/mol. The van der Waals surface area contributed by atoms with Gasteiger partial charge in [0.25, 0.3) is 0 Å². The van der Waals surface area contributed by atoms with E-state index >= 15 is 0 Å². The monoisotopic (exact) mass is 928 g/mol. The summed E-state index contributed by atoms with van der Waals surface area (Å²) in [6.07, 6.45) is 9.56. The second-order valence-electron chi connectivity index (χ2n) is 16.6. The van der Waals surface area contributed by atoms with Gasteiger partial charge in [-0.05, 0) is 149 Å². The molecular formula is C53H50Cl2N2O9. The van der Waals surface area contributed by atoms with E-state index in [0.29, 0.717) is 58.2 Å². The normalized spacial score (nSPS) is 11.8. The molecule has 2 heterocycles. The summed E-state index contributed by atoms with van der Waals surface area (Å²) in [5.41, 5.74) is 1.59. The van der Waals surface area contributed by atoms with Crippen LogP contribution in [0.2, 0.25) is 10.0 Å². The van der Waals surface area contributed by atoms with Gasteiger partial charge >= 0.3 is 6.16 Å². The Balaban J connectivity index is 1.13. The predicted octanol–water partition coefficient (Wildman–Crippen LogP) is 11.9. The molecule has 11 nitrogen and oxygen atoms in total. The molecule has 0 aliphatic carbocycles. The van der Waals surface area contributed by atoms with E-state index in [1.165, 1.54) is 39.8 Å². The third kappa shape index (κ3) is 11.5. The van der Waals surface area contributed by atoms with Gasteiger partial charge in [0.1, 0.15) is 11.5 Å². The van der Waals surface area contributed by atoms with Crippen LogP contribution >= 0.6 is 23.2 Å². The van der Waals surface area contributed by atoms with E-state index in [4.69, 9.17) is 42.1 Å². The average Bonchev–Trinajstić information content (AvgIpc) is 3.86. The standard InChI is InChI=1S/C53H50Cl2N2O9/c1-33-27-45(47(58)37-15-21-41(63-7)22-16-37)56(31-33)25-9-11-35-13-19-39(54)29-43(35)49(60)52(3,4)65-51(62)66-53(5,6)50(61)44-30-40(55)20-14-36(44)12-10-26-57-32-34(2)28-46(57)48(59)38-17-23-42(64-8)24-18-38/h9-24,27-32H,25-26H2,1-8H3/b11-9+,12-10+. The van der Waals surface area contributed by atoms with Gasteiger partial charge in [0.15, 0.2) is 11.2 Å². The lowest BCUT2D eigenvalue weighted by Gasteiger charge is -2.28. The Morgan fingerprint density at radius 1 is 0.545 bits per heavy atom. The molecule has 2 aromatic heterocycles. The molecule has 6 rings (SSSR count). The summed E-state index contributed by atoms with van der Waals surface area (Å²) in [6.45, 7) is 10.1. The molecule has 0 N–H and O–H groups in total. The van der Waals surface area contributed by atoms with Crippen molar-refractivity contribution in [3.05, 3.63) is 188 Å². The number of rotatable bonds is 18. The number of methoxy groups -OCH3 is 2. The summed E-state index contributed by atoms with van der Waals surface area (Å²) in [6, 6.07) is 27.0. The van der Waals surface area contributed by atoms with Gasteiger partial charge in [-0.15, -0.1) is 0 Å². The molecule has 0 amide bonds. The minimum Gasteiger partial charge on any atom is -0.497 e. The van der Waals surface area contributed by atoms with E-state index in [1.54, 1.807) is 99.2 Å². The zero-order valence-corrected chi connectivity index (χ0v) is 39.5. The molecular weight excluding hydrogens is 879 g/mol. The van der Waals surface area contributed by atoms with Crippen molar-refractivity contribution < 1.29 is 42.9 Å². The van der Waals surface area contributed by atoms with Crippen molar-refractivity contribution in [3.8, 4) is 11.5 Å². The van der Waals surface area contributed by atoms with Gasteiger partial charge in [0, 0.05) is 57.8 Å². The maximum absolute atomic E-state index is 14.1. The quantitative estimate of drug-likeness (QED) is 0.0610. The highest BCUT2D eigenvalue weighted by molar-refractivity contribution is 6.31. The Morgan fingerprint density at radius 2 is 0.909 bits per heavy atom. The van der Waals surface area contributed by atoms with Gasteiger partial charge in [-0.1, -0.05) is 59.6 Å². The van der Waals surface area contributed by atoms with Crippen LogP contribution in [0, 0.1) is 13.8 Å². The summed E-state index contributed by atoms with van der Waals surface area (Å²) >= 11 is 12.7. The zero-order valence-electron chi connectivity index (χ0n) is 37.9. The Kier molecular flexibility index (Phi) is 15.1. The number of nitrogens with zero attached hydrogens (tertiary/aromatic N) is 2. The highest BCUT2D eigenvalue weighted by atomic mass is 35.5. The molecule has 0 spiro atoms. The number of aryl methyl sites for hydroxylation is 2. The minimum absolute atomic E-state index is 0.156. The SMILES string of the molecule is COc1ccc(C(=O)c2cc(C)cn2C/C=C/c2ccc(Cl)cc2C(=O)C(C)(C)OC(=O)OC(C)(C)C(=O)c2cc(Cl)ccc2/C=C/Cn2cc(C)cc2C(=O)c2ccc(OC)cc2)cc1. The van der Waals surface area contributed by atoms with Crippen molar-refractivity contribution >= 4 is 64.6 Å². The van der Waals surface area contributed by atoms with Crippen LogP contribution in [-0.4, -0.2) is 63.8 Å². The van der Waals surface area contributed by atoms with Crippen LogP contribution < -0.4 is 9.47 Å². The van der Waals surface area contributed by atoms with Crippen LogP contribution in [0.15, 0.2) is 122 Å². The van der Waals surface area contributed by atoms with Crippen molar-refractivity contribution in [2.24, 2.45) is 0 Å². The van der Waals surface area contributed by atoms with E-state index < -0.39 is 28.9 Å². The van der Waals surface area contributed by atoms with Gasteiger partial charge in [-0.3, -0.25) is 19.2 Å². The molecule has 0 radical (unpaired) electrons. The number of Topliss-reactive ketones (excluding diaryl/α,β-unsaturated/α-hetero) is 2. The fourth-order valence-corrected chi connectivity index (χ4v) is 7.63. The number of hydrogen-bond acceptors (Lipinski definition) is 9. The Bertz CT molecular complexity index is 2670. The topological polar surface area (TPSA) is 132 Å². The highest BCUT2D eigenvalue weighted by Crippen LogP contribution is 2.29. The number of aromatic nitrogens is 2. The van der Waals surface area contributed by atoms with Gasteiger partial charge in [0.05, 0.1) is 25.6 Å². The van der Waals surface area contributed by atoms with E-state index in [9.17, 15) is 24.0 Å². The fourth-order valence-electron chi connectivity index (χ4n) is 7.28. The molecule has 0 unspecified atom stereocenters. The van der Waals surface area contributed by atoms with Crippen molar-refractivity contribution in [2.75, 3.05) is 14.2 Å². The Morgan fingerprint density at radius 3 is 1.26 bits per heavy atom. The number of carbonyl (C=O) groups excluding carboxylic acids is 5. The van der Waals surface area contributed by atoms with Crippen LogP contribution in [-0.2, 0) is 22.6 Å². The van der Waals surface area contributed by atoms with Gasteiger partial charge in [0.2, 0.25) is 23.1 Å². The molecule has 340 valence electrons. The van der Waals surface area contributed by atoms with Crippen LogP contribution in [0.4, 0.5) is 4.79 Å². The van der Waals surface area contributed by atoms with Gasteiger partial charge in [-0.25, -0.2) is 4.79 Å². The van der Waals surface area contributed by atoms with Crippen molar-refractivity contribution in [2.45, 2.75) is 65.8 Å². The number of carbonyl (C=O) groups is 5. The first-order valence-electron chi connectivity index (χ1n) is 20.9. The molecule has 0 saturated heterocycles. The lowest BCUT2D eigenvalue weighted by Crippen LogP contribution is -2.43. The van der Waals surface area contributed by atoms with E-state index in [-0.39, 0.29) is 32.7 Å². The third-order valence-corrected chi connectivity index (χ3v) is 11.2. The molecule has 0 atom stereocenters. The maximum atomic E-state index is 14.1. The van der Waals surface area contributed by atoms with Crippen molar-refractivity contribution in [1.29, 1.82) is 0 Å². The van der Waals surface area contributed by atoms with E-state index in [0.717, 1.165) is 11.1 Å². The minimum atomic E-state index is -1.77. The second-order valence-corrected chi connectivity index (χ2v) is 17.5. The summed E-state index contributed by atoms with van der Waals surface area (Å²) in [4.78, 5) is 68.6. The molecule has 0 fully saturated rings. The number of ketones is 4. The highest BCUT2D eigenvalue weighted by Gasteiger charge is 2.39. The molecule has 13 heteroatoms. The number of halogens is 2. The summed E-state index contributed by atoms with van der Waals surface area (Å²) in [7, 11) is 3.12. The van der Waals surface area contributed by atoms with E-state index in [2.05, 4.69) is 0 Å². The predicted molar refractivity (Wildman–Crippen MR) is 257 cm³/mol. The summed E-state index contributed by atoms with van der Waals surface area (Å²) < 4.78 is 25.4. The molecule has 6 aromatic rings. The van der Waals surface area contributed by atoms with Crippen LogP contribution in [0.1, 0.15) is 103 Å². The molecule has 4 aromatic carbocycles. The van der Waals surface area contributed by atoms with Gasteiger partial charge in [-0.2, -0.15) is 0 Å². The molecule has 0 aliphatic heterocycles. The summed E-state index contributed by atoms with van der Waals surface area (Å²) in [5.74, 6) is -0.181. The van der Waals surface area contributed by atoms with Crippen molar-refractivity contribution in [1.82, 2.24) is 9.13 Å². The Labute approximate surface area is 394 Å². The van der Waals surface area contributed by atoms with Gasteiger partial charge < -0.3 is 28.1 Å². The second kappa shape index (κ2) is 20.5. The Hall–Kier alpha value is -6.95. The molecule has 0 saturated carbocycles. The van der Waals surface area contributed by atoms with Crippen LogP contribution in [0.25, 0.3) is 12.2 Å². The molecule has 0 bridgehead atoms. The number of hydrogen-bond donors (Lipinski definition) is 0. The van der Waals surface area contributed by atoms with Crippen LogP contribution in [0.3, 0.4) is 0 Å². The first-order valence-corrected chi connectivity index (χ1v) is 21.7. The third-order valence-electron chi connectivity index (χ3n) is 10.7. The fraction of sp³-hybridized carbons (Fsp3) is 0.226. The largest absolute Gasteiger partial charge is 0.510 e. The summed E-state index contributed by atoms with van der Waals surface area (Å²) in [5, 5.41) is 0.567. The number of benzene rings is 4. The zero-order chi connectivity index (χ0) is 47.9. The van der Waals surface area contributed by atoms with Crippen molar-refractivity contribution in [3.63, 3.8) is 0 Å². The van der Waals surface area contributed by atoms with Crippen LogP contribution in [0.5, 0.6) is 11.5 Å². The number of allylic oxidation sites excluding steroid dienone is 2. The molecule has 66 heavy (non-hydrogen) atoms. The van der Waals surface area contributed by atoms with E-state index in [1.807, 2.05) is 59.7 Å². The lowest BCUT2D eigenvalue weighted by molar-refractivity contribution is -0.0408. The lowest BCUT2D eigenvalue weighted by atomic mass is 9.92. The first-order chi connectivity index (χ1) is 31.3. The first kappa shape index (κ1) is 48.5. The maximum Gasteiger partial charge on any atom is 0.510 e. The molecule has 0 aliphatic rings.